The number of hydrogen-bond donors (Lipinski definition) is 1. The van der Waals surface area contributed by atoms with E-state index >= 15 is 0 Å². The molecule has 0 spiro atoms. The number of carbonyl (C=O) groups is 1. The molecule has 4 rings (SSSR count). The molecular weight excluding hydrogens is 412 g/mol. The van der Waals surface area contributed by atoms with E-state index in [4.69, 9.17) is 15.3 Å². The molecule has 5 nitrogen and oxygen atoms in total. The molecule has 4 unspecified atom stereocenters. The summed E-state index contributed by atoms with van der Waals surface area (Å²) in [6, 6.07) is 0. The average Bonchev–Trinajstić information content (AvgIpc) is 3.14. The van der Waals surface area contributed by atoms with E-state index in [1.165, 1.54) is 31.4 Å². The molecule has 6 atom stereocenters. The van der Waals surface area contributed by atoms with Crippen LogP contribution in [-0.4, -0.2) is 31.8 Å². The van der Waals surface area contributed by atoms with Gasteiger partial charge in [-0.25, -0.2) is 0 Å². The topological polar surface area (TPSA) is 73.9 Å². The molecule has 0 bridgehead atoms. The Balaban J connectivity index is 0.00000149. The molecule has 0 amide bonds. The van der Waals surface area contributed by atoms with Crippen molar-refractivity contribution in [3.63, 3.8) is 0 Å². The molecule has 0 saturated heterocycles. The quantitative estimate of drug-likeness (QED) is 0.238. The summed E-state index contributed by atoms with van der Waals surface area (Å²) in [5.41, 5.74) is 7.26. The van der Waals surface area contributed by atoms with Gasteiger partial charge in [-0.3, -0.25) is 4.79 Å². The minimum absolute atomic E-state index is 0.0111. The molecule has 0 aromatic carbocycles. The van der Waals surface area contributed by atoms with Crippen LogP contribution >= 0.6 is 0 Å². The smallest absolute Gasteiger partial charge is 0.139 e. The third-order valence-corrected chi connectivity index (χ3v) is 9.68. The molecule has 0 radical (unpaired) electrons. The van der Waals surface area contributed by atoms with Crippen LogP contribution in [0, 0.1) is 47.3 Å². The number of Topliss-reactive ketones (excluding diaryl/α,β-unsaturated/α-hetero) is 1. The van der Waals surface area contributed by atoms with Crippen LogP contribution in [0.5, 0.6) is 0 Å². The van der Waals surface area contributed by atoms with E-state index in [-0.39, 0.29) is 5.41 Å². The van der Waals surface area contributed by atoms with Crippen LogP contribution < -0.4 is 5.73 Å². The summed E-state index contributed by atoms with van der Waals surface area (Å²) in [6.45, 7) is 5.92. The Kier molecular flexibility index (Phi) is 8.67. The van der Waals surface area contributed by atoms with Gasteiger partial charge in [0.1, 0.15) is 18.1 Å². The van der Waals surface area contributed by atoms with Gasteiger partial charge < -0.3 is 15.3 Å². The van der Waals surface area contributed by atoms with Gasteiger partial charge in [0.15, 0.2) is 0 Å². The fourth-order valence-electron chi connectivity index (χ4n) is 7.71. The molecular formula is C28H44N2O3. The molecule has 4 saturated carbocycles. The molecule has 33 heavy (non-hydrogen) atoms. The second-order valence-electron chi connectivity index (χ2n) is 11.0. The van der Waals surface area contributed by atoms with Gasteiger partial charge in [0.25, 0.3) is 0 Å². The molecule has 0 heterocycles. The van der Waals surface area contributed by atoms with Gasteiger partial charge in [0, 0.05) is 11.8 Å². The maximum absolute atomic E-state index is 12.6. The zero-order valence-corrected chi connectivity index (χ0v) is 21.0. The standard InChI is InChI=1S/C26H42N2O3.C2H2/c1-25-13-11-19(28-31-15-5-4-6-20(17-27)30-3)16-18(25)7-8-21-22-9-10-24(29)26(22,2)14-12-23(21)25;1-2/h6,18,21-23H,4-5,7-17,27H2,1-3H3;1-2H/b20-6-,28-19-;/t18?,21?,22?,23?,25-,26-;/m0./s1. The summed E-state index contributed by atoms with van der Waals surface area (Å²) in [5, 5.41) is 4.54. The predicted molar refractivity (Wildman–Crippen MR) is 133 cm³/mol. The third-order valence-electron chi connectivity index (χ3n) is 9.68. The molecule has 0 aromatic heterocycles. The first-order chi connectivity index (χ1) is 15.9. The second kappa shape index (κ2) is 11.1. The maximum Gasteiger partial charge on any atom is 0.139 e. The highest BCUT2D eigenvalue weighted by molar-refractivity contribution is 5.87. The van der Waals surface area contributed by atoms with Crippen LogP contribution in [0.25, 0.3) is 0 Å². The number of unbranched alkanes of at least 4 members (excludes halogenated alkanes) is 1. The number of fused-ring (bicyclic) bond motifs is 5. The molecule has 184 valence electrons. The van der Waals surface area contributed by atoms with Crippen molar-refractivity contribution in [3.8, 4) is 12.8 Å². The number of nitrogens with zero attached hydrogens (tertiary/aromatic N) is 1. The Labute approximate surface area is 200 Å². The van der Waals surface area contributed by atoms with Crippen LogP contribution in [0.3, 0.4) is 0 Å². The number of ether oxygens (including phenoxy) is 1. The number of rotatable bonds is 7. The van der Waals surface area contributed by atoms with Crippen molar-refractivity contribution in [3.05, 3.63) is 11.8 Å². The number of allylic oxidation sites excluding steroid dienone is 1. The zero-order chi connectivity index (χ0) is 24.1. The van der Waals surface area contributed by atoms with Gasteiger partial charge in [0.2, 0.25) is 0 Å². The van der Waals surface area contributed by atoms with Gasteiger partial charge in [-0.05, 0) is 99.4 Å². The van der Waals surface area contributed by atoms with E-state index in [0.29, 0.717) is 30.3 Å². The first-order valence-electron chi connectivity index (χ1n) is 12.9. The fraction of sp³-hybridized carbons (Fsp3) is 0.786. The van der Waals surface area contributed by atoms with Crippen LogP contribution in [0.15, 0.2) is 17.0 Å². The molecule has 0 aromatic rings. The van der Waals surface area contributed by atoms with Gasteiger partial charge >= 0.3 is 0 Å². The highest BCUT2D eigenvalue weighted by Gasteiger charge is 2.60. The van der Waals surface area contributed by atoms with Crippen molar-refractivity contribution >= 4 is 11.5 Å². The Hall–Kier alpha value is -1.80. The lowest BCUT2D eigenvalue weighted by molar-refractivity contribution is -0.137. The molecule has 4 fully saturated rings. The van der Waals surface area contributed by atoms with E-state index in [9.17, 15) is 4.79 Å². The van der Waals surface area contributed by atoms with Crippen LogP contribution in [0.2, 0.25) is 0 Å². The number of oxime groups is 1. The summed E-state index contributed by atoms with van der Waals surface area (Å²) in [7, 11) is 1.66. The number of hydrogen-bond acceptors (Lipinski definition) is 5. The van der Waals surface area contributed by atoms with Crippen molar-refractivity contribution in [1.29, 1.82) is 0 Å². The van der Waals surface area contributed by atoms with Gasteiger partial charge in [-0.15, -0.1) is 12.8 Å². The summed E-state index contributed by atoms with van der Waals surface area (Å²) >= 11 is 0. The molecule has 4 aliphatic carbocycles. The lowest BCUT2D eigenvalue weighted by atomic mass is 9.45. The molecule has 4 aliphatic rings. The van der Waals surface area contributed by atoms with Crippen molar-refractivity contribution < 1.29 is 14.4 Å². The first-order valence-corrected chi connectivity index (χ1v) is 12.9. The Morgan fingerprint density at radius 1 is 1.15 bits per heavy atom. The molecule has 5 heteroatoms. The SMILES string of the molecule is C#C.CO/C(=C\CCCO/N=C1/CC[C@@]2(C)C(CCC3C2CC[C@]2(C)C(=O)CCC32)C1)CN. The van der Waals surface area contributed by atoms with Gasteiger partial charge in [0.05, 0.1) is 19.4 Å². The highest BCUT2D eigenvalue weighted by atomic mass is 16.6. The van der Waals surface area contributed by atoms with Gasteiger partial charge in [-0.1, -0.05) is 19.0 Å². The van der Waals surface area contributed by atoms with Crippen LogP contribution in [0.4, 0.5) is 0 Å². The van der Waals surface area contributed by atoms with Crippen LogP contribution in [-0.2, 0) is 14.4 Å². The predicted octanol–water partition coefficient (Wildman–Crippen LogP) is 5.49. The first kappa shape index (κ1) is 25.8. The summed E-state index contributed by atoms with van der Waals surface area (Å²) in [5.74, 6) is 4.31. The highest BCUT2D eigenvalue weighted by Crippen LogP contribution is 2.65. The summed E-state index contributed by atoms with van der Waals surface area (Å²) < 4.78 is 5.18. The second-order valence-corrected chi connectivity index (χ2v) is 11.0. The number of ketones is 1. The van der Waals surface area contributed by atoms with E-state index in [1.54, 1.807) is 7.11 Å². The van der Waals surface area contributed by atoms with Crippen molar-refractivity contribution in [1.82, 2.24) is 0 Å². The molecule has 2 N–H and O–H groups in total. The third kappa shape index (κ3) is 5.02. The van der Waals surface area contributed by atoms with E-state index < -0.39 is 0 Å². The van der Waals surface area contributed by atoms with E-state index in [1.807, 2.05) is 6.08 Å². The van der Waals surface area contributed by atoms with E-state index in [0.717, 1.165) is 68.5 Å². The van der Waals surface area contributed by atoms with Crippen molar-refractivity contribution in [2.45, 2.75) is 84.5 Å². The molecule has 0 aliphatic heterocycles. The van der Waals surface area contributed by atoms with Crippen molar-refractivity contribution in [2.75, 3.05) is 20.3 Å². The van der Waals surface area contributed by atoms with E-state index in [2.05, 4.69) is 31.8 Å². The minimum atomic E-state index is -0.0111. The minimum Gasteiger partial charge on any atom is -0.500 e. The fourth-order valence-corrected chi connectivity index (χ4v) is 7.71. The zero-order valence-electron chi connectivity index (χ0n) is 21.0. The average molecular weight is 457 g/mol. The number of methoxy groups -OCH3 is 1. The summed E-state index contributed by atoms with van der Waals surface area (Å²) in [6.07, 6.45) is 22.2. The number of nitrogens with two attached hydrogens (primary N) is 1. The monoisotopic (exact) mass is 456 g/mol. The van der Waals surface area contributed by atoms with Crippen molar-refractivity contribution in [2.24, 2.45) is 45.4 Å². The Bertz CT molecular complexity index is 766. The van der Waals surface area contributed by atoms with Gasteiger partial charge in [-0.2, -0.15) is 0 Å². The number of carbonyl (C=O) groups excluding carboxylic acids is 1. The summed E-state index contributed by atoms with van der Waals surface area (Å²) in [4.78, 5) is 18.3. The Morgan fingerprint density at radius 3 is 2.67 bits per heavy atom. The lowest BCUT2D eigenvalue weighted by Crippen LogP contribution is -2.53. The maximum atomic E-state index is 12.6. The normalized spacial score (nSPS) is 39.0. The van der Waals surface area contributed by atoms with Crippen LogP contribution in [0.1, 0.15) is 84.5 Å². The lowest BCUT2D eigenvalue weighted by Gasteiger charge is -2.59. The Morgan fingerprint density at radius 2 is 1.94 bits per heavy atom. The number of terminal acetylenes is 1. The largest absolute Gasteiger partial charge is 0.500 e.